The van der Waals surface area contributed by atoms with Crippen LogP contribution in [0.15, 0.2) is 24.3 Å². The molecule has 0 bridgehead atoms. The number of aliphatic carboxylic acids is 1. The van der Waals surface area contributed by atoms with E-state index in [1.807, 2.05) is 0 Å². The van der Waals surface area contributed by atoms with Gasteiger partial charge in [0.1, 0.15) is 0 Å². The van der Waals surface area contributed by atoms with Crippen LogP contribution in [-0.4, -0.2) is 33.4 Å². The summed E-state index contributed by atoms with van der Waals surface area (Å²) in [5, 5.41) is 11.6. The molecule has 1 aromatic carbocycles. The van der Waals surface area contributed by atoms with E-state index in [0.29, 0.717) is 17.5 Å². The van der Waals surface area contributed by atoms with Gasteiger partial charge in [0.15, 0.2) is 0 Å². The van der Waals surface area contributed by atoms with Crippen molar-refractivity contribution in [3.63, 3.8) is 0 Å². The summed E-state index contributed by atoms with van der Waals surface area (Å²) < 4.78 is 15.6. The second-order valence-corrected chi connectivity index (χ2v) is 7.63. The number of amides is 1. The molecule has 0 aliphatic rings. The van der Waals surface area contributed by atoms with Crippen LogP contribution in [0.25, 0.3) is 0 Å². The normalized spacial score (nSPS) is 12.6. The summed E-state index contributed by atoms with van der Waals surface area (Å²) in [5.74, 6) is -1.24. The van der Waals surface area contributed by atoms with Crippen molar-refractivity contribution < 1.29 is 33.6 Å². The van der Waals surface area contributed by atoms with Crippen LogP contribution in [0.4, 0.5) is 0 Å². The van der Waals surface area contributed by atoms with Gasteiger partial charge in [-0.1, -0.05) is 56.9 Å². The highest BCUT2D eigenvalue weighted by Gasteiger charge is 2.21. The first-order valence-electron chi connectivity index (χ1n) is 9.01. The molecule has 1 amide bonds. The van der Waals surface area contributed by atoms with Crippen molar-refractivity contribution in [1.29, 1.82) is 0 Å². The summed E-state index contributed by atoms with van der Waals surface area (Å²) in [6.07, 6.45) is 5.09. The quantitative estimate of drug-likeness (QED) is 0.295. The van der Waals surface area contributed by atoms with Crippen molar-refractivity contribution in [2.24, 2.45) is 0 Å². The number of rotatable bonds is 13. The minimum absolute atomic E-state index is 0.189. The number of hydrogen-bond donors (Lipinski definition) is 4. The van der Waals surface area contributed by atoms with Gasteiger partial charge in [-0.3, -0.25) is 14.1 Å². The van der Waals surface area contributed by atoms with Crippen LogP contribution in [0, 0.1) is 0 Å². The number of hydrogen-bond acceptors (Lipinski definition) is 4. The molecule has 1 rings (SSSR count). The van der Waals surface area contributed by atoms with Crippen molar-refractivity contribution in [2.45, 2.75) is 57.9 Å². The van der Waals surface area contributed by atoms with Gasteiger partial charge in [-0.25, -0.2) is 4.57 Å². The number of carboxylic acids is 1. The minimum Gasteiger partial charge on any atom is -0.481 e. The first-order valence-corrected chi connectivity index (χ1v) is 10.5. The molecule has 0 spiro atoms. The number of benzene rings is 1. The van der Waals surface area contributed by atoms with Crippen LogP contribution >= 0.6 is 7.82 Å². The molecule has 0 saturated heterocycles. The number of carbonyl (C=O) groups excluding carboxylic acids is 1. The molecule has 0 radical (unpaired) electrons. The first-order chi connectivity index (χ1) is 12.7. The highest BCUT2D eigenvalue weighted by molar-refractivity contribution is 7.46. The predicted molar refractivity (Wildman–Crippen MR) is 100 cm³/mol. The second kappa shape index (κ2) is 11.9. The van der Waals surface area contributed by atoms with Gasteiger partial charge in [-0.2, -0.15) is 0 Å². The molecular formula is C18H28NO7P. The molecular weight excluding hydrogens is 373 g/mol. The molecule has 9 heteroatoms. The van der Waals surface area contributed by atoms with E-state index in [1.54, 1.807) is 24.3 Å². The van der Waals surface area contributed by atoms with Crippen molar-refractivity contribution in [3.05, 3.63) is 35.4 Å². The standard InChI is InChI=1S/C18H28NO7P/c1-2-3-4-5-6-10-17(20)19-16(13-26-27(23,24)25)15-9-7-8-14(11-15)12-18(21)22/h7-9,11,16H,2-6,10,12-13H2,1H3,(H,19,20)(H,21,22)(H2,23,24,25). The Labute approximate surface area is 159 Å². The third kappa shape index (κ3) is 10.9. The largest absolute Gasteiger partial charge is 0.481 e. The fourth-order valence-electron chi connectivity index (χ4n) is 2.64. The summed E-state index contributed by atoms with van der Waals surface area (Å²) in [7, 11) is -4.70. The summed E-state index contributed by atoms with van der Waals surface area (Å²) >= 11 is 0. The lowest BCUT2D eigenvalue weighted by Gasteiger charge is -2.20. The van der Waals surface area contributed by atoms with Crippen molar-refractivity contribution in [1.82, 2.24) is 5.32 Å². The Balaban J connectivity index is 2.76. The van der Waals surface area contributed by atoms with Gasteiger partial charge in [0.05, 0.1) is 19.1 Å². The van der Waals surface area contributed by atoms with E-state index in [9.17, 15) is 14.2 Å². The van der Waals surface area contributed by atoms with Crippen LogP contribution in [0.1, 0.15) is 62.6 Å². The third-order valence-electron chi connectivity index (χ3n) is 3.96. The summed E-state index contributed by atoms with van der Waals surface area (Å²) in [5.41, 5.74) is 1.05. The van der Waals surface area contributed by atoms with Crippen LogP contribution in [0.5, 0.6) is 0 Å². The lowest BCUT2D eigenvalue weighted by Crippen LogP contribution is -2.31. The Kier molecular flexibility index (Phi) is 10.3. The topological polar surface area (TPSA) is 133 Å². The smallest absolute Gasteiger partial charge is 0.469 e. The molecule has 0 aliphatic heterocycles. The van der Waals surface area contributed by atoms with E-state index in [0.717, 1.165) is 32.1 Å². The fourth-order valence-corrected chi connectivity index (χ4v) is 2.99. The molecule has 1 unspecified atom stereocenters. The highest BCUT2D eigenvalue weighted by atomic mass is 31.2. The average molecular weight is 401 g/mol. The maximum atomic E-state index is 12.2. The molecule has 1 atom stereocenters. The second-order valence-electron chi connectivity index (χ2n) is 6.39. The molecule has 0 fully saturated rings. The number of carbonyl (C=O) groups is 2. The molecule has 27 heavy (non-hydrogen) atoms. The van der Waals surface area contributed by atoms with Crippen LogP contribution in [0.2, 0.25) is 0 Å². The first kappa shape index (κ1) is 23.3. The lowest BCUT2D eigenvalue weighted by molar-refractivity contribution is -0.136. The number of phosphoric ester groups is 1. The van der Waals surface area contributed by atoms with Crippen molar-refractivity contribution in [2.75, 3.05) is 6.61 Å². The molecule has 8 nitrogen and oxygen atoms in total. The molecule has 152 valence electrons. The maximum absolute atomic E-state index is 12.2. The van der Waals surface area contributed by atoms with Crippen LogP contribution < -0.4 is 5.32 Å². The zero-order chi connectivity index (χ0) is 20.3. The van der Waals surface area contributed by atoms with Crippen molar-refractivity contribution in [3.8, 4) is 0 Å². The molecule has 0 aliphatic carbocycles. The Bertz CT molecular complexity index is 659. The lowest BCUT2D eigenvalue weighted by atomic mass is 10.0. The minimum atomic E-state index is -4.70. The molecule has 4 N–H and O–H groups in total. The van der Waals surface area contributed by atoms with E-state index in [-0.39, 0.29) is 12.3 Å². The molecule has 1 aromatic rings. The van der Waals surface area contributed by atoms with E-state index in [4.69, 9.17) is 14.9 Å². The Morgan fingerprint density at radius 3 is 2.52 bits per heavy atom. The van der Waals surface area contributed by atoms with Gasteiger partial charge in [0.25, 0.3) is 0 Å². The third-order valence-corrected chi connectivity index (χ3v) is 4.45. The number of nitrogens with one attached hydrogen (secondary N) is 1. The highest BCUT2D eigenvalue weighted by Crippen LogP contribution is 2.37. The van der Waals surface area contributed by atoms with Gasteiger partial charge in [-0.15, -0.1) is 0 Å². The Hall–Kier alpha value is -1.73. The maximum Gasteiger partial charge on any atom is 0.469 e. The Morgan fingerprint density at radius 2 is 1.89 bits per heavy atom. The summed E-state index contributed by atoms with van der Waals surface area (Å²) in [6, 6.07) is 5.72. The zero-order valence-corrected chi connectivity index (χ0v) is 16.4. The van der Waals surface area contributed by atoms with Gasteiger partial charge in [-0.05, 0) is 17.5 Å². The molecule has 0 aromatic heterocycles. The summed E-state index contributed by atoms with van der Waals surface area (Å²) in [6.45, 7) is 1.69. The number of phosphoric acid groups is 1. The molecule has 0 saturated carbocycles. The van der Waals surface area contributed by atoms with E-state index < -0.39 is 26.4 Å². The van der Waals surface area contributed by atoms with Crippen LogP contribution in [-0.2, 0) is 25.1 Å². The number of carboxylic acid groups (broad SMARTS) is 1. The number of unbranched alkanes of at least 4 members (excludes halogenated alkanes) is 4. The molecule has 0 heterocycles. The van der Waals surface area contributed by atoms with E-state index >= 15 is 0 Å². The SMILES string of the molecule is CCCCCCCC(=O)NC(COP(=O)(O)O)c1cccc(CC(=O)O)c1. The fraction of sp³-hybridized carbons (Fsp3) is 0.556. The Morgan fingerprint density at radius 1 is 1.19 bits per heavy atom. The monoisotopic (exact) mass is 401 g/mol. The average Bonchev–Trinajstić information content (AvgIpc) is 2.57. The zero-order valence-electron chi connectivity index (χ0n) is 15.5. The van der Waals surface area contributed by atoms with Gasteiger partial charge in [0, 0.05) is 6.42 Å². The van der Waals surface area contributed by atoms with E-state index in [1.165, 1.54) is 0 Å². The van der Waals surface area contributed by atoms with Gasteiger partial charge in [0.2, 0.25) is 5.91 Å². The van der Waals surface area contributed by atoms with Crippen molar-refractivity contribution >= 4 is 19.7 Å². The van der Waals surface area contributed by atoms with Crippen LogP contribution in [0.3, 0.4) is 0 Å². The van der Waals surface area contributed by atoms with Gasteiger partial charge < -0.3 is 20.2 Å². The van der Waals surface area contributed by atoms with E-state index in [2.05, 4.69) is 16.8 Å². The predicted octanol–water partition coefficient (Wildman–Crippen LogP) is 2.94. The summed E-state index contributed by atoms with van der Waals surface area (Å²) in [4.78, 5) is 41.0. The van der Waals surface area contributed by atoms with Gasteiger partial charge >= 0.3 is 13.8 Å².